The SMILES string of the molecule is CC1CC(NC(C)CCS(C)=O)CC(C)(C)C1. The zero-order chi connectivity index (χ0) is 13.1. The molecule has 1 rings (SSSR count). The van der Waals surface area contributed by atoms with Crippen LogP contribution in [0, 0.1) is 11.3 Å². The third kappa shape index (κ3) is 6.01. The van der Waals surface area contributed by atoms with Crippen LogP contribution < -0.4 is 5.32 Å². The summed E-state index contributed by atoms with van der Waals surface area (Å²) in [5, 5.41) is 3.73. The van der Waals surface area contributed by atoms with Gasteiger partial charge in [-0.05, 0) is 43.9 Å². The first-order valence-electron chi connectivity index (χ1n) is 6.84. The fraction of sp³-hybridized carbons (Fsp3) is 1.00. The molecule has 1 aliphatic carbocycles. The van der Waals surface area contributed by atoms with Gasteiger partial charge in [0.1, 0.15) is 0 Å². The van der Waals surface area contributed by atoms with Crippen molar-refractivity contribution in [3.8, 4) is 0 Å². The molecule has 0 aromatic heterocycles. The molecule has 0 amide bonds. The molecule has 0 spiro atoms. The van der Waals surface area contributed by atoms with Crippen LogP contribution in [0.1, 0.15) is 53.4 Å². The number of hydrogen-bond donors (Lipinski definition) is 1. The Labute approximate surface area is 109 Å². The van der Waals surface area contributed by atoms with E-state index < -0.39 is 10.8 Å². The van der Waals surface area contributed by atoms with Crippen LogP contribution in [0.4, 0.5) is 0 Å². The van der Waals surface area contributed by atoms with Crippen molar-refractivity contribution in [2.75, 3.05) is 12.0 Å². The van der Waals surface area contributed by atoms with Crippen molar-refractivity contribution in [1.29, 1.82) is 0 Å². The fourth-order valence-corrected chi connectivity index (χ4v) is 3.99. The van der Waals surface area contributed by atoms with Crippen molar-refractivity contribution < 1.29 is 4.21 Å². The summed E-state index contributed by atoms with van der Waals surface area (Å²) in [7, 11) is -0.655. The molecule has 0 aliphatic heterocycles. The van der Waals surface area contributed by atoms with Crippen molar-refractivity contribution in [2.24, 2.45) is 11.3 Å². The first-order chi connectivity index (χ1) is 7.78. The molecule has 3 heteroatoms. The minimum atomic E-state index is -0.655. The third-order valence-electron chi connectivity index (χ3n) is 3.75. The van der Waals surface area contributed by atoms with Crippen LogP contribution in [0.3, 0.4) is 0 Å². The molecular formula is C14H29NOS. The van der Waals surface area contributed by atoms with Crippen LogP contribution >= 0.6 is 0 Å². The van der Waals surface area contributed by atoms with Crippen LogP contribution in [0.25, 0.3) is 0 Å². The highest BCUT2D eigenvalue weighted by Crippen LogP contribution is 2.38. The molecule has 102 valence electrons. The lowest BCUT2D eigenvalue weighted by Crippen LogP contribution is -2.44. The summed E-state index contributed by atoms with van der Waals surface area (Å²) in [5.74, 6) is 1.64. The highest BCUT2D eigenvalue weighted by atomic mass is 32.2. The van der Waals surface area contributed by atoms with Crippen molar-refractivity contribution in [3.05, 3.63) is 0 Å². The molecule has 1 fully saturated rings. The quantitative estimate of drug-likeness (QED) is 0.822. The van der Waals surface area contributed by atoms with Gasteiger partial charge in [-0.25, -0.2) is 0 Å². The number of nitrogens with one attached hydrogen (secondary N) is 1. The average Bonchev–Trinajstić information content (AvgIpc) is 2.11. The van der Waals surface area contributed by atoms with E-state index in [0.717, 1.165) is 18.1 Å². The molecule has 1 saturated carbocycles. The second-order valence-electron chi connectivity index (χ2n) is 6.74. The summed E-state index contributed by atoms with van der Waals surface area (Å²) >= 11 is 0. The normalized spacial score (nSPS) is 32.1. The van der Waals surface area contributed by atoms with E-state index in [2.05, 4.69) is 33.0 Å². The van der Waals surface area contributed by atoms with Gasteiger partial charge in [0.15, 0.2) is 0 Å². The second-order valence-corrected chi connectivity index (χ2v) is 8.30. The van der Waals surface area contributed by atoms with Crippen molar-refractivity contribution in [2.45, 2.75) is 65.5 Å². The van der Waals surface area contributed by atoms with E-state index in [1.165, 1.54) is 19.3 Å². The Morgan fingerprint density at radius 1 is 1.41 bits per heavy atom. The van der Waals surface area contributed by atoms with Crippen LogP contribution in [-0.2, 0) is 10.8 Å². The maximum atomic E-state index is 11.1. The molecular weight excluding hydrogens is 230 g/mol. The molecule has 0 radical (unpaired) electrons. The van der Waals surface area contributed by atoms with Gasteiger partial charge in [-0.1, -0.05) is 20.8 Å². The topological polar surface area (TPSA) is 29.1 Å². The second kappa shape index (κ2) is 6.33. The van der Waals surface area contributed by atoms with Crippen molar-refractivity contribution in [3.63, 3.8) is 0 Å². The van der Waals surface area contributed by atoms with E-state index in [0.29, 0.717) is 17.5 Å². The molecule has 0 heterocycles. The largest absolute Gasteiger partial charge is 0.311 e. The van der Waals surface area contributed by atoms with Crippen LogP contribution in [0.15, 0.2) is 0 Å². The summed E-state index contributed by atoms with van der Waals surface area (Å²) in [5.41, 5.74) is 0.475. The van der Waals surface area contributed by atoms with Crippen molar-refractivity contribution in [1.82, 2.24) is 5.32 Å². The van der Waals surface area contributed by atoms with Gasteiger partial charge in [-0.3, -0.25) is 4.21 Å². The Morgan fingerprint density at radius 3 is 2.59 bits per heavy atom. The smallest absolute Gasteiger partial charge is 0.0246 e. The van der Waals surface area contributed by atoms with Gasteiger partial charge >= 0.3 is 0 Å². The predicted molar refractivity (Wildman–Crippen MR) is 76.7 cm³/mol. The molecule has 4 unspecified atom stereocenters. The van der Waals surface area contributed by atoms with Gasteiger partial charge in [-0.2, -0.15) is 0 Å². The Kier molecular flexibility index (Phi) is 5.65. The summed E-state index contributed by atoms with van der Waals surface area (Å²) < 4.78 is 11.1. The Morgan fingerprint density at radius 2 is 2.06 bits per heavy atom. The number of hydrogen-bond acceptors (Lipinski definition) is 2. The van der Waals surface area contributed by atoms with E-state index in [1.807, 2.05) is 0 Å². The number of rotatable bonds is 5. The Hall–Kier alpha value is 0.110. The first-order valence-corrected chi connectivity index (χ1v) is 8.57. The average molecular weight is 259 g/mol. The Balaban J connectivity index is 2.37. The minimum absolute atomic E-state index is 0.475. The van der Waals surface area contributed by atoms with E-state index >= 15 is 0 Å². The molecule has 0 aromatic carbocycles. The van der Waals surface area contributed by atoms with Gasteiger partial charge in [0, 0.05) is 34.9 Å². The van der Waals surface area contributed by atoms with E-state index in [1.54, 1.807) is 6.26 Å². The van der Waals surface area contributed by atoms with Crippen LogP contribution in [-0.4, -0.2) is 28.3 Å². The lowest BCUT2D eigenvalue weighted by Gasteiger charge is -2.40. The molecule has 2 nitrogen and oxygen atoms in total. The zero-order valence-corrected chi connectivity index (χ0v) is 12.9. The monoisotopic (exact) mass is 259 g/mol. The molecule has 4 atom stereocenters. The summed E-state index contributed by atoms with van der Waals surface area (Å²) in [6.45, 7) is 9.34. The fourth-order valence-electron chi connectivity index (χ4n) is 3.30. The lowest BCUT2D eigenvalue weighted by atomic mass is 9.70. The predicted octanol–water partition coefficient (Wildman–Crippen LogP) is 2.95. The van der Waals surface area contributed by atoms with E-state index in [9.17, 15) is 4.21 Å². The van der Waals surface area contributed by atoms with Gasteiger partial charge < -0.3 is 5.32 Å². The van der Waals surface area contributed by atoms with Crippen LogP contribution in [0.5, 0.6) is 0 Å². The minimum Gasteiger partial charge on any atom is -0.311 e. The van der Waals surface area contributed by atoms with Crippen LogP contribution in [0.2, 0.25) is 0 Å². The molecule has 0 aromatic rings. The summed E-state index contributed by atoms with van der Waals surface area (Å²) in [6, 6.07) is 1.14. The highest BCUT2D eigenvalue weighted by molar-refractivity contribution is 7.84. The highest BCUT2D eigenvalue weighted by Gasteiger charge is 2.32. The van der Waals surface area contributed by atoms with Gasteiger partial charge in [0.05, 0.1) is 0 Å². The molecule has 17 heavy (non-hydrogen) atoms. The Bertz CT molecular complexity index is 265. The van der Waals surface area contributed by atoms with Gasteiger partial charge in [0.25, 0.3) is 0 Å². The van der Waals surface area contributed by atoms with E-state index in [-0.39, 0.29) is 0 Å². The lowest BCUT2D eigenvalue weighted by molar-refractivity contribution is 0.145. The summed E-state index contributed by atoms with van der Waals surface area (Å²) in [4.78, 5) is 0. The first kappa shape index (κ1) is 15.2. The summed E-state index contributed by atoms with van der Waals surface area (Å²) in [6.07, 6.45) is 6.73. The maximum absolute atomic E-state index is 11.1. The molecule has 1 aliphatic rings. The molecule has 0 bridgehead atoms. The third-order valence-corrected chi connectivity index (χ3v) is 4.56. The maximum Gasteiger partial charge on any atom is 0.0246 e. The zero-order valence-electron chi connectivity index (χ0n) is 12.1. The van der Waals surface area contributed by atoms with E-state index in [4.69, 9.17) is 0 Å². The van der Waals surface area contributed by atoms with Gasteiger partial charge in [0.2, 0.25) is 0 Å². The standard InChI is InChI=1S/C14H29NOS/c1-11-8-13(10-14(3,4)9-11)15-12(2)6-7-17(5)16/h11-13,15H,6-10H2,1-5H3. The van der Waals surface area contributed by atoms with Crippen molar-refractivity contribution >= 4 is 10.8 Å². The molecule has 1 N–H and O–H groups in total. The van der Waals surface area contributed by atoms with Gasteiger partial charge in [-0.15, -0.1) is 0 Å². The molecule has 0 saturated heterocycles.